The SMILES string of the molecule is CCCCn1nnnc1C(NCC1CCCC(CN)C1)c1cccc([N+](=O)[O-])c1. The van der Waals surface area contributed by atoms with Crippen LogP contribution in [0.5, 0.6) is 0 Å². The molecule has 158 valence electrons. The number of hydrogen-bond donors (Lipinski definition) is 2. The minimum atomic E-state index is -0.367. The lowest BCUT2D eigenvalue weighted by molar-refractivity contribution is -0.384. The number of tetrazole rings is 1. The molecule has 1 fully saturated rings. The van der Waals surface area contributed by atoms with Crippen molar-refractivity contribution in [2.24, 2.45) is 17.6 Å². The normalized spacial score (nSPS) is 20.5. The van der Waals surface area contributed by atoms with Gasteiger partial charge in [0, 0.05) is 18.7 Å². The maximum atomic E-state index is 11.3. The first-order valence-corrected chi connectivity index (χ1v) is 10.6. The van der Waals surface area contributed by atoms with Crippen LogP contribution in [0.1, 0.15) is 62.9 Å². The Bertz CT molecular complexity index is 795. The fourth-order valence-corrected chi connectivity index (χ4v) is 4.15. The Morgan fingerprint density at radius 3 is 2.97 bits per heavy atom. The number of hydrogen-bond acceptors (Lipinski definition) is 7. The zero-order valence-electron chi connectivity index (χ0n) is 17.0. The van der Waals surface area contributed by atoms with Gasteiger partial charge in [-0.25, -0.2) is 4.68 Å². The number of nitrogens with one attached hydrogen (secondary N) is 1. The predicted octanol–water partition coefficient (Wildman–Crippen LogP) is 2.83. The summed E-state index contributed by atoms with van der Waals surface area (Å²) in [5.41, 5.74) is 6.76. The Labute approximate surface area is 171 Å². The van der Waals surface area contributed by atoms with Gasteiger partial charge in [-0.05, 0) is 66.6 Å². The van der Waals surface area contributed by atoms with E-state index < -0.39 is 0 Å². The van der Waals surface area contributed by atoms with Gasteiger partial charge in [-0.1, -0.05) is 31.9 Å². The van der Waals surface area contributed by atoms with Gasteiger partial charge in [0.2, 0.25) is 0 Å². The van der Waals surface area contributed by atoms with Crippen molar-refractivity contribution >= 4 is 5.69 Å². The van der Waals surface area contributed by atoms with Crippen molar-refractivity contribution < 1.29 is 4.92 Å². The van der Waals surface area contributed by atoms with E-state index in [0.717, 1.165) is 44.5 Å². The average Bonchev–Trinajstić information content (AvgIpc) is 3.21. The van der Waals surface area contributed by atoms with E-state index in [1.807, 2.05) is 10.7 Å². The summed E-state index contributed by atoms with van der Waals surface area (Å²) in [6, 6.07) is 6.44. The largest absolute Gasteiger partial charge is 0.330 e. The third kappa shape index (κ3) is 5.57. The quantitative estimate of drug-likeness (QED) is 0.463. The molecule has 9 nitrogen and oxygen atoms in total. The van der Waals surface area contributed by atoms with Gasteiger partial charge >= 0.3 is 0 Å². The van der Waals surface area contributed by atoms with E-state index >= 15 is 0 Å². The summed E-state index contributed by atoms with van der Waals surface area (Å²) in [6.07, 6.45) is 6.70. The smallest absolute Gasteiger partial charge is 0.269 e. The van der Waals surface area contributed by atoms with Gasteiger partial charge in [0.25, 0.3) is 5.69 Å². The van der Waals surface area contributed by atoms with Crippen molar-refractivity contribution in [1.82, 2.24) is 25.5 Å². The van der Waals surface area contributed by atoms with E-state index in [1.165, 1.54) is 25.3 Å². The molecule has 1 aliphatic carbocycles. The molecule has 1 aromatic carbocycles. The number of nitrogens with zero attached hydrogens (tertiary/aromatic N) is 5. The number of nitro groups is 1. The first-order valence-electron chi connectivity index (χ1n) is 10.6. The molecule has 2 aromatic rings. The molecule has 3 atom stereocenters. The number of aryl methyl sites for hydroxylation is 1. The molecule has 3 N–H and O–H groups in total. The number of nitro benzene ring substituents is 1. The summed E-state index contributed by atoms with van der Waals surface area (Å²) >= 11 is 0. The molecule has 0 bridgehead atoms. The summed E-state index contributed by atoms with van der Waals surface area (Å²) in [7, 11) is 0. The molecule has 0 saturated heterocycles. The lowest BCUT2D eigenvalue weighted by Gasteiger charge is -2.30. The van der Waals surface area contributed by atoms with Crippen molar-refractivity contribution in [2.75, 3.05) is 13.1 Å². The van der Waals surface area contributed by atoms with Gasteiger partial charge in [-0.2, -0.15) is 0 Å². The highest BCUT2D eigenvalue weighted by Crippen LogP contribution is 2.30. The summed E-state index contributed by atoms with van der Waals surface area (Å²) in [6.45, 7) is 4.40. The van der Waals surface area contributed by atoms with Crippen molar-refractivity contribution in [3.05, 3.63) is 45.8 Å². The fourth-order valence-electron chi connectivity index (χ4n) is 4.15. The van der Waals surface area contributed by atoms with Crippen LogP contribution in [-0.4, -0.2) is 38.2 Å². The van der Waals surface area contributed by atoms with Crippen molar-refractivity contribution in [3.8, 4) is 0 Å². The first-order chi connectivity index (χ1) is 14.1. The molecule has 1 aromatic heterocycles. The molecule has 9 heteroatoms. The van der Waals surface area contributed by atoms with Gasteiger partial charge in [-0.15, -0.1) is 5.10 Å². The van der Waals surface area contributed by atoms with Crippen molar-refractivity contribution in [2.45, 2.75) is 58.0 Å². The fraction of sp³-hybridized carbons (Fsp3) is 0.650. The maximum Gasteiger partial charge on any atom is 0.269 e. The van der Waals surface area contributed by atoms with Gasteiger partial charge in [0.1, 0.15) is 0 Å². The van der Waals surface area contributed by atoms with Gasteiger partial charge in [0.05, 0.1) is 11.0 Å². The molecule has 3 unspecified atom stereocenters. The highest BCUT2D eigenvalue weighted by molar-refractivity contribution is 5.37. The molecule has 1 aliphatic rings. The number of benzene rings is 1. The Hall–Kier alpha value is -2.39. The zero-order valence-corrected chi connectivity index (χ0v) is 17.0. The standard InChI is InChI=1S/C20H31N7O2/c1-2-3-10-26-20(23-24-25-26)19(17-8-5-9-18(12-17)27(28)29)22-14-16-7-4-6-15(11-16)13-21/h5,8-9,12,15-16,19,22H,2-4,6-7,10-11,13-14,21H2,1H3. The van der Waals surface area contributed by atoms with Crippen LogP contribution in [0.2, 0.25) is 0 Å². The van der Waals surface area contributed by atoms with Gasteiger partial charge < -0.3 is 11.1 Å². The van der Waals surface area contributed by atoms with E-state index in [4.69, 9.17) is 5.73 Å². The van der Waals surface area contributed by atoms with Crippen LogP contribution in [0.4, 0.5) is 5.69 Å². The first kappa shape index (κ1) is 21.3. The Balaban J connectivity index is 1.83. The molecule has 1 saturated carbocycles. The van der Waals surface area contributed by atoms with Crippen LogP contribution in [0, 0.1) is 22.0 Å². The molecule has 1 heterocycles. The minimum Gasteiger partial charge on any atom is -0.330 e. The lowest BCUT2D eigenvalue weighted by atomic mass is 9.81. The number of aromatic nitrogens is 4. The average molecular weight is 402 g/mol. The number of non-ortho nitro benzene ring substituents is 1. The number of unbranched alkanes of at least 4 members (excludes halogenated alkanes) is 1. The third-order valence-corrected chi connectivity index (χ3v) is 5.79. The van der Waals surface area contributed by atoms with Crippen molar-refractivity contribution in [1.29, 1.82) is 0 Å². The Morgan fingerprint density at radius 2 is 2.21 bits per heavy atom. The monoisotopic (exact) mass is 401 g/mol. The highest BCUT2D eigenvalue weighted by Gasteiger charge is 2.26. The van der Waals surface area contributed by atoms with Gasteiger partial charge in [-0.3, -0.25) is 10.1 Å². The second kappa shape index (κ2) is 10.4. The van der Waals surface area contributed by atoms with Crippen LogP contribution >= 0.6 is 0 Å². The summed E-state index contributed by atoms with van der Waals surface area (Å²) < 4.78 is 1.81. The van der Waals surface area contributed by atoms with Gasteiger partial charge in [0.15, 0.2) is 5.82 Å². The Morgan fingerprint density at radius 1 is 1.38 bits per heavy atom. The van der Waals surface area contributed by atoms with Crippen LogP contribution in [0.25, 0.3) is 0 Å². The Kier molecular flexibility index (Phi) is 7.65. The molecular formula is C20H31N7O2. The summed E-state index contributed by atoms with van der Waals surface area (Å²) in [5, 5.41) is 27.2. The summed E-state index contributed by atoms with van der Waals surface area (Å²) in [4.78, 5) is 10.9. The molecule has 3 rings (SSSR count). The second-order valence-electron chi connectivity index (χ2n) is 7.94. The van der Waals surface area contributed by atoms with Crippen LogP contribution < -0.4 is 11.1 Å². The van der Waals surface area contributed by atoms with Crippen LogP contribution in [0.3, 0.4) is 0 Å². The molecule has 0 radical (unpaired) electrons. The zero-order chi connectivity index (χ0) is 20.6. The summed E-state index contributed by atoms with van der Waals surface area (Å²) in [5.74, 6) is 1.82. The molecule has 0 spiro atoms. The number of rotatable bonds is 10. The van der Waals surface area contributed by atoms with Crippen LogP contribution in [0.15, 0.2) is 24.3 Å². The van der Waals surface area contributed by atoms with E-state index in [1.54, 1.807) is 12.1 Å². The third-order valence-electron chi connectivity index (χ3n) is 5.79. The number of nitrogens with two attached hydrogens (primary N) is 1. The second-order valence-corrected chi connectivity index (χ2v) is 7.94. The van der Waals surface area contributed by atoms with Crippen molar-refractivity contribution in [3.63, 3.8) is 0 Å². The van der Waals surface area contributed by atoms with E-state index in [-0.39, 0.29) is 16.7 Å². The van der Waals surface area contributed by atoms with E-state index in [9.17, 15) is 10.1 Å². The molecule has 29 heavy (non-hydrogen) atoms. The minimum absolute atomic E-state index is 0.0720. The van der Waals surface area contributed by atoms with Crippen LogP contribution in [-0.2, 0) is 6.54 Å². The maximum absolute atomic E-state index is 11.3. The molecular weight excluding hydrogens is 370 g/mol. The predicted molar refractivity (Wildman–Crippen MR) is 110 cm³/mol. The topological polar surface area (TPSA) is 125 Å². The lowest BCUT2D eigenvalue weighted by Crippen LogP contribution is -2.33. The highest BCUT2D eigenvalue weighted by atomic mass is 16.6. The van der Waals surface area contributed by atoms with E-state index in [0.29, 0.717) is 17.7 Å². The van der Waals surface area contributed by atoms with E-state index in [2.05, 4.69) is 27.8 Å². The molecule has 0 aliphatic heterocycles. The molecule has 0 amide bonds.